The van der Waals surface area contributed by atoms with Crippen molar-refractivity contribution in [3.05, 3.63) is 35.4 Å². The molecule has 1 rings (SSSR count). The molecule has 0 saturated carbocycles. The van der Waals surface area contributed by atoms with Crippen LogP contribution in [-0.2, 0) is 13.1 Å². The average molecular weight is 178 g/mol. The van der Waals surface area contributed by atoms with Crippen LogP contribution in [0, 0.1) is 0 Å². The molecule has 0 atom stereocenters. The van der Waals surface area contributed by atoms with Gasteiger partial charge in [-0.3, -0.25) is 0 Å². The summed E-state index contributed by atoms with van der Waals surface area (Å²) in [5.41, 5.74) is 8.17. The molecule has 13 heavy (non-hydrogen) atoms. The molecule has 1 aromatic carbocycles. The Kier molecular flexibility index (Phi) is 3.93. The summed E-state index contributed by atoms with van der Waals surface area (Å²) in [5, 5.41) is 3.38. The Hall–Kier alpha value is -0.860. The van der Waals surface area contributed by atoms with Crippen molar-refractivity contribution in [1.82, 2.24) is 5.32 Å². The summed E-state index contributed by atoms with van der Waals surface area (Å²) in [7, 11) is 0. The van der Waals surface area contributed by atoms with Gasteiger partial charge in [-0.2, -0.15) is 0 Å². The Morgan fingerprint density at radius 3 is 2.38 bits per heavy atom. The van der Waals surface area contributed by atoms with Crippen molar-refractivity contribution in [2.45, 2.75) is 33.0 Å². The minimum Gasteiger partial charge on any atom is -0.326 e. The maximum atomic E-state index is 5.63. The molecule has 2 nitrogen and oxygen atoms in total. The third kappa shape index (κ3) is 3.17. The molecule has 0 unspecified atom stereocenters. The third-order valence-electron chi connectivity index (χ3n) is 2.04. The normalized spacial score (nSPS) is 10.8. The minimum absolute atomic E-state index is 0.519. The molecule has 0 amide bonds. The van der Waals surface area contributed by atoms with E-state index < -0.39 is 0 Å². The molecule has 0 aliphatic carbocycles. The largest absolute Gasteiger partial charge is 0.326 e. The van der Waals surface area contributed by atoms with Gasteiger partial charge < -0.3 is 11.1 Å². The van der Waals surface area contributed by atoms with Gasteiger partial charge in [0.2, 0.25) is 0 Å². The molecule has 0 aliphatic rings. The monoisotopic (exact) mass is 178 g/mol. The molecule has 0 bridgehead atoms. The lowest BCUT2D eigenvalue weighted by molar-refractivity contribution is 0.586. The first-order valence-electron chi connectivity index (χ1n) is 4.74. The molecule has 72 valence electrons. The van der Waals surface area contributed by atoms with E-state index in [9.17, 15) is 0 Å². The lowest BCUT2D eigenvalue weighted by Crippen LogP contribution is -2.22. The Morgan fingerprint density at radius 2 is 1.85 bits per heavy atom. The van der Waals surface area contributed by atoms with Gasteiger partial charge in [0.15, 0.2) is 0 Å². The summed E-state index contributed by atoms with van der Waals surface area (Å²) in [6.07, 6.45) is 0. The van der Waals surface area contributed by atoms with Crippen LogP contribution in [0.1, 0.15) is 25.0 Å². The summed E-state index contributed by atoms with van der Waals surface area (Å²) < 4.78 is 0. The first-order valence-corrected chi connectivity index (χ1v) is 4.74. The highest BCUT2D eigenvalue weighted by molar-refractivity contribution is 5.26. The summed E-state index contributed by atoms with van der Waals surface area (Å²) in [5.74, 6) is 0. The van der Waals surface area contributed by atoms with E-state index in [4.69, 9.17) is 5.73 Å². The van der Waals surface area contributed by atoms with E-state index in [1.54, 1.807) is 0 Å². The lowest BCUT2D eigenvalue weighted by Gasteiger charge is -2.11. The highest BCUT2D eigenvalue weighted by Crippen LogP contribution is 2.07. The molecule has 0 aromatic heterocycles. The van der Waals surface area contributed by atoms with E-state index >= 15 is 0 Å². The van der Waals surface area contributed by atoms with Gasteiger partial charge in [0.1, 0.15) is 0 Å². The first-order chi connectivity index (χ1) is 6.24. The van der Waals surface area contributed by atoms with Crippen molar-refractivity contribution < 1.29 is 0 Å². The van der Waals surface area contributed by atoms with E-state index in [0.29, 0.717) is 12.6 Å². The number of nitrogens with one attached hydrogen (secondary N) is 1. The highest BCUT2D eigenvalue weighted by atomic mass is 14.9. The minimum atomic E-state index is 0.519. The highest BCUT2D eigenvalue weighted by Gasteiger charge is 1.99. The summed E-state index contributed by atoms with van der Waals surface area (Å²) in [4.78, 5) is 0. The second-order valence-electron chi connectivity index (χ2n) is 3.51. The van der Waals surface area contributed by atoms with Crippen LogP contribution in [0.4, 0.5) is 0 Å². The van der Waals surface area contributed by atoms with Crippen molar-refractivity contribution in [2.24, 2.45) is 5.73 Å². The predicted octanol–water partition coefficient (Wildman–Crippen LogP) is 1.64. The second-order valence-corrected chi connectivity index (χ2v) is 3.51. The van der Waals surface area contributed by atoms with E-state index in [1.165, 1.54) is 11.1 Å². The van der Waals surface area contributed by atoms with E-state index in [0.717, 1.165) is 6.54 Å². The van der Waals surface area contributed by atoms with Crippen LogP contribution in [-0.4, -0.2) is 6.04 Å². The van der Waals surface area contributed by atoms with Crippen LogP contribution in [0.2, 0.25) is 0 Å². The Bertz CT molecular complexity index is 256. The Morgan fingerprint density at radius 1 is 1.23 bits per heavy atom. The quantitative estimate of drug-likeness (QED) is 0.735. The molecular weight excluding hydrogens is 160 g/mol. The average Bonchev–Trinajstić information content (AvgIpc) is 2.15. The maximum Gasteiger partial charge on any atom is 0.0211 e. The molecular formula is C11H18N2. The molecule has 2 heteroatoms. The predicted molar refractivity (Wildman–Crippen MR) is 56.3 cm³/mol. The molecule has 0 saturated heterocycles. The van der Waals surface area contributed by atoms with Crippen LogP contribution in [0.3, 0.4) is 0 Å². The lowest BCUT2D eigenvalue weighted by atomic mass is 10.1. The number of hydrogen-bond donors (Lipinski definition) is 2. The fourth-order valence-electron chi connectivity index (χ4n) is 1.24. The number of rotatable bonds is 4. The molecule has 0 fully saturated rings. The van der Waals surface area contributed by atoms with Gasteiger partial charge in [-0.1, -0.05) is 38.1 Å². The molecule has 0 heterocycles. The van der Waals surface area contributed by atoms with Gasteiger partial charge in [0.05, 0.1) is 0 Å². The van der Waals surface area contributed by atoms with Gasteiger partial charge in [-0.05, 0) is 11.1 Å². The third-order valence-corrected chi connectivity index (χ3v) is 2.04. The van der Waals surface area contributed by atoms with Gasteiger partial charge in [-0.25, -0.2) is 0 Å². The van der Waals surface area contributed by atoms with E-state index in [-0.39, 0.29) is 0 Å². The zero-order valence-electron chi connectivity index (χ0n) is 8.38. The number of hydrogen-bond acceptors (Lipinski definition) is 2. The Balaban J connectivity index is 2.64. The van der Waals surface area contributed by atoms with Gasteiger partial charge >= 0.3 is 0 Å². The van der Waals surface area contributed by atoms with Gasteiger partial charge in [0, 0.05) is 19.1 Å². The molecule has 0 radical (unpaired) electrons. The molecule has 1 aromatic rings. The van der Waals surface area contributed by atoms with E-state index in [2.05, 4.69) is 37.4 Å². The van der Waals surface area contributed by atoms with Crippen molar-refractivity contribution in [2.75, 3.05) is 0 Å². The summed E-state index contributed by atoms with van der Waals surface area (Å²) in [6, 6.07) is 8.80. The van der Waals surface area contributed by atoms with Crippen molar-refractivity contribution >= 4 is 0 Å². The standard InChI is InChI=1S/C11H18N2/c1-9(2)13-8-11-6-4-3-5-10(11)7-12/h3-6,9,13H,7-8,12H2,1-2H3. The van der Waals surface area contributed by atoms with Crippen LogP contribution >= 0.6 is 0 Å². The molecule has 0 spiro atoms. The molecule has 3 N–H and O–H groups in total. The van der Waals surface area contributed by atoms with Crippen LogP contribution in [0.5, 0.6) is 0 Å². The topological polar surface area (TPSA) is 38.0 Å². The smallest absolute Gasteiger partial charge is 0.0211 e. The van der Waals surface area contributed by atoms with Gasteiger partial charge in [-0.15, -0.1) is 0 Å². The number of nitrogens with two attached hydrogens (primary N) is 1. The first kappa shape index (κ1) is 10.2. The summed E-state index contributed by atoms with van der Waals surface area (Å²) >= 11 is 0. The van der Waals surface area contributed by atoms with Crippen LogP contribution in [0.15, 0.2) is 24.3 Å². The van der Waals surface area contributed by atoms with Crippen molar-refractivity contribution in [3.8, 4) is 0 Å². The zero-order chi connectivity index (χ0) is 9.68. The fourth-order valence-corrected chi connectivity index (χ4v) is 1.24. The zero-order valence-corrected chi connectivity index (χ0v) is 8.38. The van der Waals surface area contributed by atoms with Crippen molar-refractivity contribution in [3.63, 3.8) is 0 Å². The number of benzene rings is 1. The van der Waals surface area contributed by atoms with Crippen LogP contribution < -0.4 is 11.1 Å². The van der Waals surface area contributed by atoms with Crippen LogP contribution in [0.25, 0.3) is 0 Å². The maximum absolute atomic E-state index is 5.63. The Labute approximate surface area is 80.1 Å². The van der Waals surface area contributed by atoms with Gasteiger partial charge in [0.25, 0.3) is 0 Å². The summed E-state index contributed by atoms with van der Waals surface area (Å²) in [6.45, 7) is 5.82. The van der Waals surface area contributed by atoms with Crippen molar-refractivity contribution in [1.29, 1.82) is 0 Å². The second kappa shape index (κ2) is 5.00. The van der Waals surface area contributed by atoms with E-state index in [1.807, 2.05) is 6.07 Å². The molecule has 0 aliphatic heterocycles. The SMILES string of the molecule is CC(C)NCc1ccccc1CN. The fraction of sp³-hybridized carbons (Fsp3) is 0.455.